The molecule has 3 nitrogen and oxygen atoms in total. The van der Waals surface area contributed by atoms with Gasteiger partial charge in [0.1, 0.15) is 5.75 Å². The summed E-state index contributed by atoms with van der Waals surface area (Å²) in [6.07, 6.45) is 0. The lowest BCUT2D eigenvalue weighted by Crippen LogP contribution is -2.12. The normalized spacial score (nSPS) is 10.5. The molecule has 3 aromatic carbocycles. The van der Waals surface area contributed by atoms with Crippen molar-refractivity contribution in [2.45, 2.75) is 0 Å². The molecule has 0 radical (unpaired) electrons. The van der Waals surface area contributed by atoms with Crippen LogP contribution in [-0.2, 0) is 0 Å². The van der Waals surface area contributed by atoms with Crippen molar-refractivity contribution in [3.8, 4) is 5.75 Å². The van der Waals surface area contributed by atoms with Crippen molar-refractivity contribution in [3.63, 3.8) is 0 Å². The van der Waals surface area contributed by atoms with Gasteiger partial charge in [-0.2, -0.15) is 0 Å². The van der Waals surface area contributed by atoms with Gasteiger partial charge < -0.3 is 10.1 Å². The number of carbonyl (C=O) groups is 1. The van der Waals surface area contributed by atoms with Crippen LogP contribution in [0.15, 0.2) is 65.1 Å². The van der Waals surface area contributed by atoms with E-state index in [9.17, 15) is 4.79 Å². The molecule has 0 heterocycles. The Labute approximate surface area is 137 Å². The summed E-state index contributed by atoms with van der Waals surface area (Å²) < 4.78 is 5.93. The third-order valence-electron chi connectivity index (χ3n) is 3.45. The molecule has 0 aliphatic heterocycles. The first kappa shape index (κ1) is 14.6. The highest BCUT2D eigenvalue weighted by atomic mass is 79.9. The maximum Gasteiger partial charge on any atom is 0.255 e. The van der Waals surface area contributed by atoms with Crippen LogP contribution in [0.3, 0.4) is 0 Å². The minimum Gasteiger partial charge on any atom is -0.496 e. The number of fused-ring (bicyclic) bond motifs is 1. The molecule has 0 unspecified atom stereocenters. The van der Waals surface area contributed by atoms with Gasteiger partial charge in [-0.15, -0.1) is 0 Å². The number of hydrogen-bond donors (Lipinski definition) is 1. The van der Waals surface area contributed by atoms with E-state index in [2.05, 4.69) is 21.2 Å². The van der Waals surface area contributed by atoms with Gasteiger partial charge in [0.25, 0.3) is 5.91 Å². The Morgan fingerprint density at radius 2 is 1.82 bits per heavy atom. The standard InChI is InChI=1S/C18H14BrNO2/c1-22-17-10-9-13(11-15(17)19)18(21)20-16-8-4-6-12-5-2-3-7-14(12)16/h2-11H,1H3,(H,20,21). The van der Waals surface area contributed by atoms with Gasteiger partial charge in [-0.25, -0.2) is 0 Å². The Kier molecular flexibility index (Phi) is 4.11. The van der Waals surface area contributed by atoms with Crippen LogP contribution in [0.5, 0.6) is 5.75 Å². The molecule has 0 atom stereocenters. The highest BCUT2D eigenvalue weighted by molar-refractivity contribution is 9.10. The first-order chi connectivity index (χ1) is 10.7. The second-order valence-corrected chi connectivity index (χ2v) is 5.68. The molecule has 3 rings (SSSR count). The minimum absolute atomic E-state index is 0.153. The van der Waals surface area contributed by atoms with E-state index in [4.69, 9.17) is 4.74 Å². The Bertz CT molecular complexity index is 840. The number of nitrogens with one attached hydrogen (secondary N) is 1. The number of anilines is 1. The molecule has 0 aliphatic rings. The molecule has 0 fully saturated rings. The minimum atomic E-state index is -0.153. The molecule has 22 heavy (non-hydrogen) atoms. The average molecular weight is 356 g/mol. The van der Waals surface area contributed by atoms with Gasteiger partial charge in [0.2, 0.25) is 0 Å². The predicted molar refractivity (Wildman–Crippen MR) is 92.6 cm³/mol. The Balaban J connectivity index is 1.92. The van der Waals surface area contributed by atoms with Crippen molar-refractivity contribution in [2.75, 3.05) is 12.4 Å². The molecular formula is C18H14BrNO2. The SMILES string of the molecule is COc1ccc(C(=O)Nc2cccc3ccccc23)cc1Br. The zero-order valence-electron chi connectivity index (χ0n) is 12.0. The number of benzene rings is 3. The zero-order valence-corrected chi connectivity index (χ0v) is 13.6. The maximum atomic E-state index is 12.4. The third kappa shape index (κ3) is 2.83. The largest absolute Gasteiger partial charge is 0.496 e. The molecular weight excluding hydrogens is 342 g/mol. The molecule has 1 amide bonds. The number of halogens is 1. The lowest BCUT2D eigenvalue weighted by atomic mass is 10.1. The van der Waals surface area contributed by atoms with Crippen molar-refractivity contribution in [3.05, 3.63) is 70.7 Å². The van der Waals surface area contributed by atoms with Crippen LogP contribution in [0.25, 0.3) is 10.8 Å². The molecule has 4 heteroatoms. The van der Waals surface area contributed by atoms with Gasteiger partial charge in [0.15, 0.2) is 0 Å². The molecule has 0 spiro atoms. The number of hydrogen-bond acceptors (Lipinski definition) is 2. The Morgan fingerprint density at radius 1 is 1.05 bits per heavy atom. The summed E-state index contributed by atoms with van der Waals surface area (Å²) in [4.78, 5) is 12.4. The number of methoxy groups -OCH3 is 1. The van der Waals surface area contributed by atoms with Crippen molar-refractivity contribution in [1.29, 1.82) is 0 Å². The molecule has 0 aliphatic carbocycles. The van der Waals surface area contributed by atoms with E-state index in [0.29, 0.717) is 11.3 Å². The molecule has 1 N–H and O–H groups in total. The molecule has 0 saturated carbocycles. The van der Waals surface area contributed by atoms with E-state index in [1.165, 1.54) is 0 Å². The van der Waals surface area contributed by atoms with Gasteiger partial charge >= 0.3 is 0 Å². The lowest BCUT2D eigenvalue weighted by Gasteiger charge is -2.10. The fraction of sp³-hybridized carbons (Fsp3) is 0.0556. The summed E-state index contributed by atoms with van der Waals surface area (Å²) in [5, 5.41) is 5.08. The monoisotopic (exact) mass is 355 g/mol. The highest BCUT2D eigenvalue weighted by Gasteiger charge is 2.10. The van der Waals surface area contributed by atoms with Crippen molar-refractivity contribution in [1.82, 2.24) is 0 Å². The van der Waals surface area contributed by atoms with E-state index in [1.54, 1.807) is 25.3 Å². The topological polar surface area (TPSA) is 38.3 Å². The van der Waals surface area contributed by atoms with Crippen LogP contribution in [0.4, 0.5) is 5.69 Å². The van der Waals surface area contributed by atoms with Crippen molar-refractivity contribution < 1.29 is 9.53 Å². The van der Waals surface area contributed by atoms with Crippen molar-refractivity contribution >= 4 is 38.3 Å². The molecule has 3 aromatic rings. The Morgan fingerprint density at radius 3 is 2.59 bits per heavy atom. The van der Waals surface area contributed by atoms with Crippen LogP contribution < -0.4 is 10.1 Å². The average Bonchev–Trinajstić information content (AvgIpc) is 2.55. The fourth-order valence-corrected chi connectivity index (χ4v) is 2.88. The quantitative estimate of drug-likeness (QED) is 0.728. The summed E-state index contributed by atoms with van der Waals surface area (Å²) in [7, 11) is 1.59. The van der Waals surface area contributed by atoms with Crippen LogP contribution in [0.1, 0.15) is 10.4 Å². The molecule has 110 valence electrons. The second kappa shape index (κ2) is 6.20. The third-order valence-corrected chi connectivity index (χ3v) is 4.07. The number of amides is 1. The number of carbonyl (C=O) groups excluding carboxylic acids is 1. The first-order valence-corrected chi connectivity index (χ1v) is 7.61. The Hall–Kier alpha value is -2.33. The summed E-state index contributed by atoms with van der Waals surface area (Å²) >= 11 is 3.40. The van der Waals surface area contributed by atoms with Crippen LogP contribution in [0.2, 0.25) is 0 Å². The molecule has 0 bridgehead atoms. The van der Waals surface area contributed by atoms with E-state index in [-0.39, 0.29) is 5.91 Å². The van der Waals surface area contributed by atoms with E-state index in [0.717, 1.165) is 20.9 Å². The second-order valence-electron chi connectivity index (χ2n) is 4.83. The van der Waals surface area contributed by atoms with Gasteiger partial charge in [-0.3, -0.25) is 4.79 Å². The van der Waals surface area contributed by atoms with Crippen LogP contribution >= 0.6 is 15.9 Å². The van der Waals surface area contributed by atoms with Gasteiger partial charge in [0.05, 0.1) is 11.6 Å². The van der Waals surface area contributed by atoms with E-state index in [1.807, 2.05) is 42.5 Å². The smallest absolute Gasteiger partial charge is 0.255 e. The number of ether oxygens (including phenoxy) is 1. The fourth-order valence-electron chi connectivity index (χ4n) is 2.34. The maximum absolute atomic E-state index is 12.4. The molecule has 0 aromatic heterocycles. The van der Waals surface area contributed by atoms with E-state index < -0.39 is 0 Å². The van der Waals surface area contributed by atoms with Crippen LogP contribution in [-0.4, -0.2) is 13.0 Å². The van der Waals surface area contributed by atoms with Gasteiger partial charge in [-0.1, -0.05) is 36.4 Å². The molecule has 0 saturated heterocycles. The summed E-state index contributed by atoms with van der Waals surface area (Å²) in [6, 6.07) is 19.1. The summed E-state index contributed by atoms with van der Waals surface area (Å²) in [6.45, 7) is 0. The summed E-state index contributed by atoms with van der Waals surface area (Å²) in [5.41, 5.74) is 1.37. The van der Waals surface area contributed by atoms with Gasteiger partial charge in [0, 0.05) is 16.6 Å². The summed E-state index contributed by atoms with van der Waals surface area (Å²) in [5.74, 6) is 0.543. The first-order valence-electron chi connectivity index (χ1n) is 6.81. The number of rotatable bonds is 3. The van der Waals surface area contributed by atoms with Crippen molar-refractivity contribution in [2.24, 2.45) is 0 Å². The van der Waals surface area contributed by atoms with E-state index >= 15 is 0 Å². The zero-order chi connectivity index (χ0) is 15.5. The lowest BCUT2D eigenvalue weighted by molar-refractivity contribution is 0.102. The van der Waals surface area contributed by atoms with Gasteiger partial charge in [-0.05, 0) is 45.6 Å². The highest BCUT2D eigenvalue weighted by Crippen LogP contribution is 2.27. The predicted octanol–water partition coefficient (Wildman–Crippen LogP) is 4.86. The van der Waals surface area contributed by atoms with Crippen LogP contribution in [0, 0.1) is 0 Å².